The summed E-state index contributed by atoms with van der Waals surface area (Å²) in [5.74, 6) is -0.809. The van der Waals surface area contributed by atoms with Crippen molar-refractivity contribution in [3.63, 3.8) is 0 Å². The van der Waals surface area contributed by atoms with Gasteiger partial charge in [-0.25, -0.2) is 0 Å². The molecule has 0 radical (unpaired) electrons. The molecule has 37 heavy (non-hydrogen) atoms. The summed E-state index contributed by atoms with van der Waals surface area (Å²) in [6.45, 7) is 4.02. The summed E-state index contributed by atoms with van der Waals surface area (Å²) in [5.41, 5.74) is 1.94. The summed E-state index contributed by atoms with van der Waals surface area (Å²) in [6.07, 6.45) is 3.63. The summed E-state index contributed by atoms with van der Waals surface area (Å²) in [4.78, 5) is 14.8. The normalized spacial score (nSPS) is 22.7. The van der Waals surface area contributed by atoms with Gasteiger partial charge in [-0.3, -0.25) is 4.79 Å². The van der Waals surface area contributed by atoms with Gasteiger partial charge in [-0.05, 0) is 56.0 Å². The molecule has 0 aliphatic carbocycles. The van der Waals surface area contributed by atoms with E-state index >= 15 is 0 Å². The lowest BCUT2D eigenvalue weighted by Gasteiger charge is -2.36. The predicted molar refractivity (Wildman–Crippen MR) is 142 cm³/mol. The third kappa shape index (κ3) is 7.99. The lowest BCUT2D eigenvalue weighted by molar-refractivity contribution is -0.155. The van der Waals surface area contributed by atoms with Gasteiger partial charge < -0.3 is 35.4 Å². The van der Waals surface area contributed by atoms with E-state index in [0.29, 0.717) is 35.8 Å². The standard InChI is InChI=1S/C17H23NO3.C12H19NO3/c1-18-13-7-8-14(18)10-15(9-13)21-17(20)16(11-19)12-5-3-2-4-6-12;1-8(2)13-6-12(16)9-3-4-11(15)10(5-9)7-14/h2-6,13-16,19H,7-11H2,1H3;3-5,8,12-16H,6-7H2,1-2H3/t13-,14+,15?,16?;12-/m.1/s1. The van der Waals surface area contributed by atoms with Crippen LogP contribution in [0.2, 0.25) is 0 Å². The van der Waals surface area contributed by atoms with Crippen LogP contribution in [-0.2, 0) is 16.1 Å². The Morgan fingerprint density at radius 1 is 1.05 bits per heavy atom. The zero-order valence-electron chi connectivity index (χ0n) is 22.1. The fourth-order valence-corrected chi connectivity index (χ4v) is 5.11. The molecule has 2 aliphatic heterocycles. The van der Waals surface area contributed by atoms with Crippen molar-refractivity contribution in [3.8, 4) is 5.75 Å². The van der Waals surface area contributed by atoms with Crippen molar-refractivity contribution in [1.29, 1.82) is 0 Å². The number of nitrogens with one attached hydrogen (secondary N) is 1. The summed E-state index contributed by atoms with van der Waals surface area (Å²) < 4.78 is 5.70. The van der Waals surface area contributed by atoms with E-state index in [-0.39, 0.29) is 31.0 Å². The van der Waals surface area contributed by atoms with Crippen LogP contribution in [0.3, 0.4) is 0 Å². The fourth-order valence-electron chi connectivity index (χ4n) is 5.11. The maximum atomic E-state index is 12.4. The van der Waals surface area contributed by atoms with Gasteiger partial charge in [-0.1, -0.05) is 50.2 Å². The van der Waals surface area contributed by atoms with E-state index in [2.05, 4.69) is 17.3 Å². The highest BCUT2D eigenvalue weighted by molar-refractivity contribution is 5.78. The largest absolute Gasteiger partial charge is 0.508 e. The number of aliphatic hydroxyl groups is 3. The molecule has 4 rings (SSSR count). The Bertz CT molecular complexity index is 972. The lowest BCUT2D eigenvalue weighted by Crippen LogP contribution is -2.43. The SMILES string of the molecule is CC(C)NC[C@@H](O)c1ccc(O)c(CO)c1.CN1[C@@H]2CC[C@H]1CC(OC(=O)C(CO)c1ccccc1)C2. The van der Waals surface area contributed by atoms with Crippen LogP contribution in [0, 0.1) is 0 Å². The molecule has 0 saturated carbocycles. The van der Waals surface area contributed by atoms with Gasteiger partial charge in [0.2, 0.25) is 0 Å². The van der Waals surface area contributed by atoms with Gasteiger partial charge >= 0.3 is 5.97 Å². The van der Waals surface area contributed by atoms with Crippen LogP contribution >= 0.6 is 0 Å². The first-order chi connectivity index (χ1) is 17.7. The molecule has 2 fully saturated rings. The Morgan fingerprint density at radius 2 is 1.70 bits per heavy atom. The van der Waals surface area contributed by atoms with Crippen molar-refractivity contribution in [2.45, 2.75) is 82.4 Å². The van der Waals surface area contributed by atoms with Gasteiger partial charge in [0.25, 0.3) is 0 Å². The molecule has 5 N–H and O–H groups in total. The van der Waals surface area contributed by atoms with Crippen LogP contribution in [0.25, 0.3) is 0 Å². The minimum Gasteiger partial charge on any atom is -0.508 e. The van der Waals surface area contributed by atoms with E-state index in [1.54, 1.807) is 12.1 Å². The number of rotatable bonds is 9. The summed E-state index contributed by atoms with van der Waals surface area (Å²) in [6, 6.07) is 15.5. The number of carbonyl (C=O) groups is 1. The second-order valence-corrected chi connectivity index (χ2v) is 10.4. The van der Waals surface area contributed by atoms with Gasteiger partial charge in [-0.2, -0.15) is 0 Å². The van der Waals surface area contributed by atoms with Gasteiger partial charge in [0.15, 0.2) is 0 Å². The zero-order valence-corrected chi connectivity index (χ0v) is 22.1. The van der Waals surface area contributed by atoms with Crippen LogP contribution in [0.15, 0.2) is 48.5 Å². The maximum Gasteiger partial charge on any atom is 0.316 e. The quantitative estimate of drug-likeness (QED) is 0.324. The third-order valence-corrected chi connectivity index (χ3v) is 7.38. The lowest BCUT2D eigenvalue weighted by atomic mass is 9.98. The van der Waals surface area contributed by atoms with Crippen molar-refractivity contribution in [1.82, 2.24) is 10.2 Å². The first-order valence-corrected chi connectivity index (χ1v) is 13.2. The molecule has 2 aliphatic rings. The molecule has 2 bridgehead atoms. The van der Waals surface area contributed by atoms with Crippen molar-refractivity contribution >= 4 is 5.97 Å². The van der Waals surface area contributed by atoms with Crippen LogP contribution in [0.4, 0.5) is 0 Å². The minimum atomic E-state index is -0.631. The number of aromatic hydroxyl groups is 1. The van der Waals surface area contributed by atoms with Crippen LogP contribution in [0.1, 0.15) is 68.2 Å². The van der Waals surface area contributed by atoms with Crippen LogP contribution in [-0.4, -0.2) is 75.7 Å². The molecule has 8 nitrogen and oxygen atoms in total. The number of benzene rings is 2. The number of fused-ring (bicyclic) bond motifs is 2. The molecule has 0 aromatic heterocycles. The predicted octanol–water partition coefficient (Wildman–Crippen LogP) is 2.85. The van der Waals surface area contributed by atoms with Crippen molar-refractivity contribution in [2.24, 2.45) is 0 Å². The highest BCUT2D eigenvalue weighted by atomic mass is 16.5. The summed E-state index contributed by atoms with van der Waals surface area (Å²) >= 11 is 0. The number of esters is 1. The Labute approximate surface area is 219 Å². The second-order valence-electron chi connectivity index (χ2n) is 10.4. The Morgan fingerprint density at radius 3 is 2.27 bits per heavy atom. The Balaban J connectivity index is 0.000000214. The number of phenols is 1. The molecule has 5 atom stereocenters. The highest BCUT2D eigenvalue weighted by Gasteiger charge is 2.40. The van der Waals surface area contributed by atoms with Gasteiger partial charge in [-0.15, -0.1) is 0 Å². The molecule has 2 aromatic carbocycles. The Hall–Kier alpha value is -2.49. The molecular weight excluding hydrogens is 472 g/mol. The molecule has 2 saturated heterocycles. The summed E-state index contributed by atoms with van der Waals surface area (Å²) in [7, 11) is 2.17. The average molecular weight is 515 g/mol. The van der Waals surface area contributed by atoms with Gasteiger partial charge in [0.05, 0.1) is 19.3 Å². The van der Waals surface area contributed by atoms with E-state index in [4.69, 9.17) is 9.84 Å². The Kier molecular flexibility index (Phi) is 10.9. The minimum absolute atomic E-state index is 0.00367. The number of carbonyl (C=O) groups excluding carboxylic acids is 1. The van der Waals surface area contributed by atoms with Gasteiger partial charge in [0, 0.05) is 30.2 Å². The molecule has 0 amide bonds. The molecular formula is C29H42N2O6. The number of nitrogens with zero attached hydrogens (tertiary/aromatic N) is 1. The molecule has 204 valence electrons. The second kappa shape index (κ2) is 13.9. The van der Waals surface area contributed by atoms with E-state index in [9.17, 15) is 20.1 Å². The molecule has 2 heterocycles. The summed E-state index contributed by atoms with van der Waals surface area (Å²) in [5, 5.41) is 40.9. The number of hydrogen-bond donors (Lipinski definition) is 5. The number of hydrogen-bond acceptors (Lipinski definition) is 8. The average Bonchev–Trinajstić information content (AvgIpc) is 3.09. The van der Waals surface area contributed by atoms with E-state index in [1.807, 2.05) is 44.2 Å². The fraction of sp³-hybridized carbons (Fsp3) is 0.552. The topological polar surface area (TPSA) is 122 Å². The van der Waals surface area contributed by atoms with Gasteiger partial charge in [0.1, 0.15) is 17.8 Å². The van der Waals surface area contributed by atoms with Crippen molar-refractivity contribution < 1.29 is 30.0 Å². The van der Waals surface area contributed by atoms with Crippen LogP contribution in [0.5, 0.6) is 5.75 Å². The molecule has 0 spiro atoms. The van der Waals surface area contributed by atoms with E-state index in [0.717, 1.165) is 18.4 Å². The van der Waals surface area contributed by atoms with Crippen molar-refractivity contribution in [3.05, 3.63) is 65.2 Å². The smallest absolute Gasteiger partial charge is 0.316 e. The highest BCUT2D eigenvalue weighted by Crippen LogP contribution is 2.36. The third-order valence-electron chi connectivity index (χ3n) is 7.38. The first kappa shape index (κ1) is 29.1. The van der Waals surface area contributed by atoms with E-state index in [1.165, 1.54) is 18.9 Å². The van der Waals surface area contributed by atoms with Crippen molar-refractivity contribution in [2.75, 3.05) is 20.2 Å². The molecule has 8 heteroatoms. The first-order valence-electron chi connectivity index (χ1n) is 13.2. The zero-order chi connectivity index (χ0) is 26.9. The van der Waals surface area contributed by atoms with E-state index < -0.39 is 12.0 Å². The van der Waals surface area contributed by atoms with Crippen LogP contribution < -0.4 is 5.32 Å². The maximum absolute atomic E-state index is 12.4. The molecule has 2 aromatic rings. The number of piperidine rings is 1. The number of aliphatic hydroxyl groups excluding tert-OH is 3. The molecule has 2 unspecified atom stereocenters. The monoisotopic (exact) mass is 514 g/mol. The number of ether oxygens (including phenoxy) is 1.